The highest BCUT2D eigenvalue weighted by Crippen LogP contribution is 2.29. The van der Waals surface area contributed by atoms with Crippen molar-refractivity contribution in [2.24, 2.45) is 0 Å². The molecule has 1 aliphatic rings. The van der Waals surface area contributed by atoms with Crippen LogP contribution in [0, 0.1) is 13.8 Å². The molecule has 1 amide bonds. The highest BCUT2D eigenvalue weighted by molar-refractivity contribution is 5.99. The molecular weight excluding hydrogens is 280 g/mol. The zero-order valence-electron chi connectivity index (χ0n) is 13.9. The third-order valence-corrected chi connectivity index (χ3v) is 4.71. The van der Waals surface area contributed by atoms with Gasteiger partial charge in [-0.2, -0.15) is 0 Å². The second-order valence-corrected chi connectivity index (χ2v) is 6.65. The predicted octanol–water partition coefficient (Wildman–Crippen LogP) is 3.20. The van der Waals surface area contributed by atoms with E-state index >= 15 is 0 Å². The van der Waals surface area contributed by atoms with Crippen molar-refractivity contribution in [3.63, 3.8) is 0 Å². The first-order valence-electron chi connectivity index (χ1n) is 8.03. The molecule has 2 N–H and O–H groups in total. The lowest BCUT2D eigenvalue weighted by Crippen LogP contribution is -2.55. The molecule has 5 nitrogen and oxygen atoms in total. The van der Waals surface area contributed by atoms with Gasteiger partial charge in [-0.1, -0.05) is 19.3 Å². The normalized spacial score (nSPS) is 17.5. The Morgan fingerprint density at radius 1 is 1.23 bits per heavy atom. The zero-order valence-corrected chi connectivity index (χ0v) is 13.9. The molecule has 122 valence electrons. The number of hydrogen-bond acceptors (Lipinski definition) is 2. The van der Waals surface area contributed by atoms with Crippen LogP contribution in [0.4, 0.5) is 0 Å². The van der Waals surface area contributed by atoms with Gasteiger partial charge in [0.2, 0.25) is 0 Å². The Labute approximate surface area is 131 Å². The van der Waals surface area contributed by atoms with Crippen molar-refractivity contribution in [3.05, 3.63) is 23.0 Å². The van der Waals surface area contributed by atoms with Gasteiger partial charge in [-0.25, -0.2) is 4.79 Å². The van der Waals surface area contributed by atoms with Crippen LogP contribution in [0.1, 0.15) is 73.7 Å². The largest absolute Gasteiger partial charge is 0.480 e. The topological polar surface area (TPSA) is 71.3 Å². The minimum Gasteiger partial charge on any atom is -0.480 e. The summed E-state index contributed by atoms with van der Waals surface area (Å²) in [6, 6.07) is 2.12. The van der Waals surface area contributed by atoms with Crippen LogP contribution in [-0.2, 0) is 4.79 Å². The smallest absolute Gasteiger partial charge is 0.329 e. The van der Waals surface area contributed by atoms with Gasteiger partial charge >= 0.3 is 5.97 Å². The summed E-state index contributed by atoms with van der Waals surface area (Å²) < 4.78 is 2.10. The van der Waals surface area contributed by atoms with Crippen LogP contribution < -0.4 is 5.32 Å². The molecule has 1 fully saturated rings. The Morgan fingerprint density at radius 3 is 2.27 bits per heavy atom. The summed E-state index contributed by atoms with van der Waals surface area (Å²) >= 11 is 0. The first-order valence-corrected chi connectivity index (χ1v) is 8.03. The Balaban J connectivity index is 2.28. The van der Waals surface area contributed by atoms with Crippen molar-refractivity contribution in [1.82, 2.24) is 9.88 Å². The lowest BCUT2D eigenvalue weighted by molar-refractivity contribution is -0.145. The number of aryl methyl sites for hydroxylation is 1. The number of carboxylic acid groups (broad SMARTS) is 1. The summed E-state index contributed by atoms with van der Waals surface area (Å²) in [5.74, 6) is -1.19. The molecule has 0 aliphatic heterocycles. The van der Waals surface area contributed by atoms with Gasteiger partial charge in [0.1, 0.15) is 5.54 Å². The third kappa shape index (κ3) is 2.89. The van der Waals surface area contributed by atoms with Crippen LogP contribution in [0.25, 0.3) is 0 Å². The van der Waals surface area contributed by atoms with Gasteiger partial charge in [-0.05, 0) is 46.6 Å². The van der Waals surface area contributed by atoms with Gasteiger partial charge in [0, 0.05) is 17.4 Å². The summed E-state index contributed by atoms with van der Waals surface area (Å²) in [7, 11) is 0. The van der Waals surface area contributed by atoms with Crippen LogP contribution >= 0.6 is 0 Å². The summed E-state index contributed by atoms with van der Waals surface area (Å²) in [6.45, 7) is 8.02. The van der Waals surface area contributed by atoms with E-state index in [0.29, 0.717) is 18.4 Å². The maximum absolute atomic E-state index is 12.6. The molecule has 1 saturated carbocycles. The van der Waals surface area contributed by atoms with E-state index in [0.717, 1.165) is 30.7 Å². The molecule has 1 aromatic heterocycles. The average Bonchev–Trinajstić information content (AvgIpc) is 2.74. The minimum atomic E-state index is -1.10. The number of amides is 1. The number of nitrogens with zero attached hydrogens (tertiary/aromatic N) is 1. The van der Waals surface area contributed by atoms with E-state index in [1.54, 1.807) is 0 Å². The van der Waals surface area contributed by atoms with E-state index in [-0.39, 0.29) is 11.9 Å². The number of carbonyl (C=O) groups excluding carboxylic acids is 1. The number of rotatable bonds is 4. The summed E-state index contributed by atoms with van der Waals surface area (Å²) in [4.78, 5) is 24.3. The molecular formula is C17H26N2O3. The van der Waals surface area contributed by atoms with Crippen molar-refractivity contribution in [2.45, 2.75) is 71.4 Å². The number of nitrogens with one attached hydrogen (secondary N) is 1. The molecule has 1 heterocycles. The van der Waals surface area contributed by atoms with Crippen molar-refractivity contribution in [3.8, 4) is 0 Å². The molecule has 0 unspecified atom stereocenters. The third-order valence-electron chi connectivity index (χ3n) is 4.71. The SMILES string of the molecule is Cc1cc(C(=O)NC2(C(=O)O)CCCCC2)c(C)n1C(C)C. The lowest BCUT2D eigenvalue weighted by Gasteiger charge is -2.34. The fourth-order valence-corrected chi connectivity index (χ4v) is 3.63. The molecule has 0 atom stereocenters. The molecule has 0 bridgehead atoms. The zero-order chi connectivity index (χ0) is 16.5. The molecule has 1 aliphatic carbocycles. The Hall–Kier alpha value is -1.78. The van der Waals surface area contributed by atoms with Crippen LogP contribution in [0.2, 0.25) is 0 Å². The van der Waals surface area contributed by atoms with Crippen molar-refractivity contribution < 1.29 is 14.7 Å². The van der Waals surface area contributed by atoms with Crippen LogP contribution in [-0.4, -0.2) is 27.1 Å². The molecule has 22 heavy (non-hydrogen) atoms. The molecule has 2 rings (SSSR count). The van der Waals surface area contributed by atoms with E-state index < -0.39 is 11.5 Å². The minimum absolute atomic E-state index is 0.268. The van der Waals surface area contributed by atoms with Crippen LogP contribution in [0.3, 0.4) is 0 Å². The Bertz CT molecular complexity index is 581. The second kappa shape index (κ2) is 6.15. The Kier molecular flexibility index (Phi) is 4.63. The van der Waals surface area contributed by atoms with E-state index in [1.807, 2.05) is 19.9 Å². The highest BCUT2D eigenvalue weighted by Gasteiger charge is 2.41. The van der Waals surface area contributed by atoms with Gasteiger partial charge in [0.25, 0.3) is 5.91 Å². The second-order valence-electron chi connectivity index (χ2n) is 6.65. The number of aliphatic carboxylic acids is 1. The van der Waals surface area contributed by atoms with E-state index in [9.17, 15) is 14.7 Å². The Morgan fingerprint density at radius 2 is 1.82 bits per heavy atom. The van der Waals surface area contributed by atoms with Gasteiger partial charge < -0.3 is 15.0 Å². The fourth-order valence-electron chi connectivity index (χ4n) is 3.63. The number of carbonyl (C=O) groups is 2. The van der Waals surface area contributed by atoms with E-state index in [2.05, 4.69) is 23.7 Å². The van der Waals surface area contributed by atoms with Crippen molar-refractivity contribution >= 4 is 11.9 Å². The maximum Gasteiger partial charge on any atom is 0.329 e. The predicted molar refractivity (Wildman–Crippen MR) is 85.2 cm³/mol. The van der Waals surface area contributed by atoms with Crippen molar-refractivity contribution in [1.29, 1.82) is 0 Å². The van der Waals surface area contributed by atoms with Gasteiger partial charge in [0.05, 0.1) is 5.56 Å². The molecule has 0 spiro atoms. The summed E-state index contributed by atoms with van der Waals surface area (Å²) in [6.07, 6.45) is 3.75. The standard InChI is InChI=1S/C17H26N2O3/c1-11(2)19-12(3)10-14(13(19)4)15(20)18-17(16(21)22)8-6-5-7-9-17/h10-11H,5-9H2,1-4H3,(H,18,20)(H,21,22). The number of aromatic nitrogens is 1. The summed E-state index contributed by atoms with van der Waals surface area (Å²) in [5.41, 5.74) is 1.39. The fraction of sp³-hybridized carbons (Fsp3) is 0.647. The average molecular weight is 306 g/mol. The van der Waals surface area contributed by atoms with Gasteiger partial charge in [-0.3, -0.25) is 4.79 Å². The lowest BCUT2D eigenvalue weighted by atomic mass is 9.81. The highest BCUT2D eigenvalue weighted by atomic mass is 16.4. The quantitative estimate of drug-likeness (QED) is 0.897. The molecule has 5 heteroatoms. The van der Waals surface area contributed by atoms with Crippen molar-refractivity contribution in [2.75, 3.05) is 0 Å². The summed E-state index contributed by atoms with van der Waals surface area (Å²) in [5, 5.41) is 12.4. The van der Waals surface area contributed by atoms with E-state index in [4.69, 9.17) is 0 Å². The molecule has 0 saturated heterocycles. The van der Waals surface area contributed by atoms with Gasteiger partial charge in [-0.15, -0.1) is 0 Å². The monoisotopic (exact) mass is 306 g/mol. The first-order chi connectivity index (χ1) is 10.3. The van der Waals surface area contributed by atoms with Gasteiger partial charge in [0.15, 0.2) is 0 Å². The van der Waals surface area contributed by atoms with Crippen LogP contribution in [0.5, 0.6) is 0 Å². The number of carboxylic acids is 1. The molecule has 1 aromatic rings. The first kappa shape index (κ1) is 16.6. The number of hydrogen-bond donors (Lipinski definition) is 2. The molecule has 0 aromatic carbocycles. The van der Waals surface area contributed by atoms with Crippen LogP contribution in [0.15, 0.2) is 6.07 Å². The maximum atomic E-state index is 12.6. The molecule has 0 radical (unpaired) electrons. The van der Waals surface area contributed by atoms with E-state index in [1.165, 1.54) is 0 Å².